The van der Waals surface area contributed by atoms with Crippen LogP contribution in [-0.4, -0.2) is 30.8 Å². The quantitative estimate of drug-likeness (QED) is 0.537. The number of hydrogen-bond acceptors (Lipinski definition) is 6. The topological polar surface area (TPSA) is 110 Å². The van der Waals surface area contributed by atoms with E-state index in [9.17, 15) is 13.2 Å². The summed E-state index contributed by atoms with van der Waals surface area (Å²) in [7, 11) is -3.49. The van der Waals surface area contributed by atoms with Gasteiger partial charge in [-0.15, -0.1) is 0 Å². The van der Waals surface area contributed by atoms with E-state index in [1.54, 1.807) is 67.9 Å². The van der Waals surface area contributed by atoms with E-state index >= 15 is 0 Å². The molecule has 0 aliphatic carbocycles. The van der Waals surface area contributed by atoms with Gasteiger partial charge in [0.2, 0.25) is 15.9 Å². The molecule has 0 aliphatic rings. The maximum atomic E-state index is 12.1. The van der Waals surface area contributed by atoms with E-state index < -0.39 is 10.0 Å². The number of anilines is 1. The molecule has 30 heavy (non-hydrogen) atoms. The fraction of sp³-hybridized carbons (Fsp3) is 0.0952. The Labute approximate surface area is 174 Å². The van der Waals surface area contributed by atoms with Crippen LogP contribution in [0, 0.1) is 0 Å². The molecule has 0 fully saturated rings. The first kappa shape index (κ1) is 21.2. The average Bonchev–Trinajstić information content (AvgIpc) is 2.75. The molecule has 0 atom stereocenters. The molecule has 1 amide bonds. The van der Waals surface area contributed by atoms with Crippen LogP contribution in [0.25, 0.3) is 6.08 Å². The van der Waals surface area contributed by atoms with Crippen molar-refractivity contribution in [2.24, 2.45) is 0 Å². The molecular formula is C21H20N4O4S. The lowest BCUT2D eigenvalue weighted by Gasteiger charge is -2.06. The van der Waals surface area contributed by atoms with Gasteiger partial charge in [-0.1, -0.05) is 19.1 Å². The molecule has 0 saturated carbocycles. The summed E-state index contributed by atoms with van der Waals surface area (Å²) < 4.78 is 31.8. The lowest BCUT2D eigenvalue weighted by molar-refractivity contribution is -0.111. The van der Waals surface area contributed by atoms with Crippen LogP contribution in [0.5, 0.6) is 11.8 Å². The van der Waals surface area contributed by atoms with Gasteiger partial charge in [-0.2, -0.15) is 0 Å². The predicted octanol–water partition coefficient (Wildman–Crippen LogP) is 3.22. The summed E-state index contributed by atoms with van der Waals surface area (Å²) >= 11 is 0. The summed E-state index contributed by atoms with van der Waals surface area (Å²) in [6.45, 7) is 2.03. The van der Waals surface area contributed by atoms with E-state index in [2.05, 4.69) is 20.0 Å². The number of carbonyl (C=O) groups excluding carboxylic acids is 1. The fourth-order valence-electron chi connectivity index (χ4n) is 2.44. The Bertz CT molecular complexity index is 1110. The molecule has 2 N–H and O–H groups in total. The van der Waals surface area contributed by atoms with Crippen molar-refractivity contribution in [3.63, 3.8) is 0 Å². The monoisotopic (exact) mass is 424 g/mol. The highest BCUT2D eigenvalue weighted by Gasteiger charge is 2.11. The molecule has 154 valence electrons. The molecule has 0 aliphatic heterocycles. The smallest absolute Gasteiger partial charge is 0.321 e. The number of benzene rings is 2. The minimum Gasteiger partial charge on any atom is -0.424 e. The van der Waals surface area contributed by atoms with Gasteiger partial charge in [-0.3, -0.25) is 4.79 Å². The van der Waals surface area contributed by atoms with Gasteiger partial charge in [0.1, 0.15) is 5.75 Å². The summed E-state index contributed by atoms with van der Waals surface area (Å²) in [6.07, 6.45) is 6.13. The zero-order chi connectivity index (χ0) is 21.4. The third-order valence-electron chi connectivity index (χ3n) is 3.82. The van der Waals surface area contributed by atoms with E-state index in [-0.39, 0.29) is 16.8 Å². The van der Waals surface area contributed by atoms with Gasteiger partial charge in [-0.05, 0) is 54.1 Å². The van der Waals surface area contributed by atoms with Crippen molar-refractivity contribution in [2.45, 2.75) is 11.8 Å². The largest absolute Gasteiger partial charge is 0.424 e. The molecule has 3 rings (SSSR count). The standard InChI is InChI=1S/C21H20N4O4S/c1-2-24-30(27,28)19-11-4-16(5-12-19)6-13-20(26)25-17-7-9-18(10-8-17)29-21-22-14-3-15-23-21/h3-15,24H,2H2,1H3,(H,25,26). The molecule has 8 nitrogen and oxygen atoms in total. The fourth-order valence-corrected chi connectivity index (χ4v) is 3.48. The number of rotatable bonds is 8. The van der Waals surface area contributed by atoms with Gasteiger partial charge in [0, 0.05) is 30.7 Å². The first-order valence-corrected chi connectivity index (χ1v) is 10.6. The number of ether oxygens (including phenoxy) is 1. The van der Waals surface area contributed by atoms with Crippen molar-refractivity contribution in [2.75, 3.05) is 11.9 Å². The Morgan fingerprint density at radius 1 is 1.03 bits per heavy atom. The number of aromatic nitrogens is 2. The number of sulfonamides is 1. The molecule has 1 aromatic heterocycles. The molecule has 0 radical (unpaired) electrons. The van der Waals surface area contributed by atoms with Gasteiger partial charge in [0.25, 0.3) is 0 Å². The van der Waals surface area contributed by atoms with Gasteiger partial charge in [-0.25, -0.2) is 23.1 Å². The number of amides is 1. The minimum atomic E-state index is -3.49. The SMILES string of the molecule is CCNS(=O)(=O)c1ccc(C=CC(=O)Nc2ccc(Oc3ncccn3)cc2)cc1. The number of hydrogen-bond donors (Lipinski definition) is 2. The van der Waals surface area contributed by atoms with Gasteiger partial charge >= 0.3 is 6.01 Å². The number of nitrogens with zero attached hydrogens (tertiary/aromatic N) is 2. The maximum absolute atomic E-state index is 12.1. The van der Waals surface area contributed by atoms with Crippen molar-refractivity contribution in [1.82, 2.24) is 14.7 Å². The van der Waals surface area contributed by atoms with E-state index in [1.807, 2.05) is 0 Å². The molecule has 1 heterocycles. The summed E-state index contributed by atoms with van der Waals surface area (Å²) in [5.74, 6) is 0.224. The van der Waals surface area contributed by atoms with E-state index in [0.717, 1.165) is 0 Å². The third-order valence-corrected chi connectivity index (χ3v) is 5.39. The van der Waals surface area contributed by atoms with Crippen LogP contribution in [-0.2, 0) is 14.8 Å². The Balaban J connectivity index is 1.56. The highest BCUT2D eigenvalue weighted by atomic mass is 32.2. The van der Waals surface area contributed by atoms with Gasteiger partial charge in [0.05, 0.1) is 4.90 Å². The molecule has 9 heteroatoms. The molecule has 0 unspecified atom stereocenters. The van der Waals surface area contributed by atoms with Crippen molar-refractivity contribution >= 4 is 27.7 Å². The second kappa shape index (κ2) is 9.77. The van der Waals surface area contributed by atoms with E-state index in [0.29, 0.717) is 23.5 Å². The number of carbonyl (C=O) groups is 1. The summed E-state index contributed by atoms with van der Waals surface area (Å²) in [5, 5.41) is 2.74. The zero-order valence-corrected chi connectivity index (χ0v) is 17.0. The molecule has 0 bridgehead atoms. The van der Waals surface area contributed by atoms with Crippen LogP contribution < -0.4 is 14.8 Å². The van der Waals surface area contributed by atoms with Crippen LogP contribution in [0.15, 0.2) is 78.0 Å². The third kappa shape index (κ3) is 5.97. The Morgan fingerprint density at radius 3 is 2.33 bits per heavy atom. The van der Waals surface area contributed by atoms with Crippen LogP contribution >= 0.6 is 0 Å². The first-order valence-electron chi connectivity index (χ1n) is 9.10. The Kier molecular flexibility index (Phi) is 6.89. The van der Waals surface area contributed by atoms with E-state index in [1.165, 1.54) is 18.2 Å². The van der Waals surface area contributed by atoms with Crippen molar-refractivity contribution in [3.05, 3.63) is 78.6 Å². The summed E-state index contributed by atoms with van der Waals surface area (Å²) in [5.41, 5.74) is 1.30. The minimum absolute atomic E-state index is 0.175. The maximum Gasteiger partial charge on any atom is 0.321 e. The lowest BCUT2D eigenvalue weighted by Crippen LogP contribution is -2.22. The molecule has 3 aromatic rings. The van der Waals surface area contributed by atoms with Crippen LogP contribution in [0.3, 0.4) is 0 Å². The Hall–Kier alpha value is -3.56. The lowest BCUT2D eigenvalue weighted by atomic mass is 10.2. The second-order valence-electron chi connectivity index (χ2n) is 6.05. The highest BCUT2D eigenvalue weighted by molar-refractivity contribution is 7.89. The van der Waals surface area contributed by atoms with Crippen molar-refractivity contribution in [1.29, 1.82) is 0 Å². The van der Waals surface area contributed by atoms with Gasteiger partial charge < -0.3 is 10.1 Å². The van der Waals surface area contributed by atoms with E-state index in [4.69, 9.17) is 4.74 Å². The normalized spacial score (nSPS) is 11.4. The average molecular weight is 424 g/mol. The Morgan fingerprint density at radius 2 is 1.70 bits per heavy atom. The van der Waals surface area contributed by atoms with Crippen LogP contribution in [0.2, 0.25) is 0 Å². The summed E-state index contributed by atoms with van der Waals surface area (Å²) in [6, 6.07) is 15.0. The zero-order valence-electron chi connectivity index (χ0n) is 16.1. The number of nitrogens with one attached hydrogen (secondary N) is 2. The van der Waals surface area contributed by atoms with Crippen LogP contribution in [0.4, 0.5) is 5.69 Å². The second-order valence-corrected chi connectivity index (χ2v) is 7.82. The molecular weight excluding hydrogens is 404 g/mol. The molecule has 0 saturated heterocycles. The van der Waals surface area contributed by atoms with Crippen molar-refractivity contribution in [3.8, 4) is 11.8 Å². The van der Waals surface area contributed by atoms with Crippen LogP contribution in [0.1, 0.15) is 12.5 Å². The predicted molar refractivity (Wildman–Crippen MR) is 114 cm³/mol. The first-order chi connectivity index (χ1) is 14.5. The van der Waals surface area contributed by atoms with Gasteiger partial charge in [0.15, 0.2) is 0 Å². The highest BCUT2D eigenvalue weighted by Crippen LogP contribution is 2.20. The molecule has 2 aromatic carbocycles. The summed E-state index contributed by atoms with van der Waals surface area (Å²) in [4.78, 5) is 20.2. The molecule has 0 spiro atoms. The van der Waals surface area contributed by atoms with Crippen molar-refractivity contribution < 1.29 is 17.9 Å².